The average Bonchev–Trinajstić information content (AvgIpc) is 2.77. The molecule has 0 amide bonds. The lowest BCUT2D eigenvalue weighted by atomic mass is 10.1. The molecule has 0 bridgehead atoms. The maximum Gasteiger partial charge on any atom is 0.287 e. The summed E-state index contributed by atoms with van der Waals surface area (Å²) in [6, 6.07) is 3.10. The highest BCUT2D eigenvalue weighted by Gasteiger charge is 2.22. The van der Waals surface area contributed by atoms with Crippen molar-refractivity contribution in [2.45, 2.75) is 6.42 Å². The smallest absolute Gasteiger partial charge is 0.287 e. The molecule has 6 nitrogen and oxygen atoms in total. The van der Waals surface area contributed by atoms with Gasteiger partial charge < -0.3 is 10.0 Å². The molecule has 1 atom stereocenters. The van der Waals surface area contributed by atoms with Crippen LogP contribution in [0.1, 0.15) is 6.42 Å². The number of aromatic nitrogens is 1. The minimum atomic E-state index is -0.461. The van der Waals surface area contributed by atoms with Crippen molar-refractivity contribution in [1.82, 2.24) is 4.98 Å². The molecule has 0 saturated carbocycles. The van der Waals surface area contributed by atoms with Crippen LogP contribution in [0.4, 0.5) is 11.5 Å². The Bertz CT molecular complexity index is 379. The fourth-order valence-corrected chi connectivity index (χ4v) is 1.86. The second kappa shape index (κ2) is 4.44. The summed E-state index contributed by atoms with van der Waals surface area (Å²) >= 11 is 0. The number of hydrogen-bond acceptors (Lipinski definition) is 5. The molecule has 1 N–H and O–H groups in total. The molecule has 0 aromatic carbocycles. The van der Waals surface area contributed by atoms with Gasteiger partial charge in [-0.1, -0.05) is 0 Å². The standard InChI is InChI=1S/C10H13N3O3/c14-7-8-3-4-12(6-8)10-2-1-9(5-11-10)13(15)16/h1-2,5,8,14H,3-4,6-7H2/t8-/m0/s1. The predicted octanol–water partition coefficient (Wildman–Crippen LogP) is 0.808. The fraction of sp³-hybridized carbons (Fsp3) is 0.500. The number of rotatable bonds is 3. The van der Waals surface area contributed by atoms with E-state index in [0.29, 0.717) is 0 Å². The third-order valence-electron chi connectivity index (χ3n) is 2.81. The van der Waals surface area contributed by atoms with E-state index in [9.17, 15) is 10.1 Å². The van der Waals surface area contributed by atoms with Gasteiger partial charge in [-0.05, 0) is 12.5 Å². The molecule has 2 heterocycles. The first kappa shape index (κ1) is 10.8. The topological polar surface area (TPSA) is 79.5 Å². The monoisotopic (exact) mass is 223 g/mol. The molecule has 1 aromatic heterocycles. The van der Waals surface area contributed by atoms with Crippen molar-refractivity contribution in [3.63, 3.8) is 0 Å². The van der Waals surface area contributed by atoms with Crippen LogP contribution in [-0.2, 0) is 0 Å². The summed E-state index contributed by atoms with van der Waals surface area (Å²) in [6.07, 6.45) is 2.21. The molecule has 0 unspecified atom stereocenters. The van der Waals surface area contributed by atoms with Gasteiger partial charge in [0, 0.05) is 31.7 Å². The summed E-state index contributed by atoms with van der Waals surface area (Å²) in [6.45, 7) is 1.79. The molecule has 1 fully saturated rings. The number of nitro groups is 1. The van der Waals surface area contributed by atoms with Crippen LogP contribution < -0.4 is 4.90 Å². The van der Waals surface area contributed by atoms with E-state index in [2.05, 4.69) is 4.98 Å². The average molecular weight is 223 g/mol. The minimum absolute atomic E-state index is 0.00153. The van der Waals surface area contributed by atoms with Crippen LogP contribution in [-0.4, -0.2) is 34.7 Å². The molecule has 2 rings (SSSR count). The van der Waals surface area contributed by atoms with Crippen molar-refractivity contribution in [1.29, 1.82) is 0 Å². The van der Waals surface area contributed by atoms with Gasteiger partial charge in [-0.2, -0.15) is 0 Å². The number of hydrogen-bond donors (Lipinski definition) is 1. The number of anilines is 1. The maximum absolute atomic E-state index is 10.5. The zero-order valence-electron chi connectivity index (χ0n) is 8.74. The largest absolute Gasteiger partial charge is 0.396 e. The summed E-state index contributed by atoms with van der Waals surface area (Å²) in [5.74, 6) is 1.03. The molecule has 16 heavy (non-hydrogen) atoms. The lowest BCUT2D eigenvalue weighted by Crippen LogP contribution is -2.21. The third kappa shape index (κ3) is 2.11. The molecule has 0 radical (unpaired) electrons. The van der Waals surface area contributed by atoms with Crippen LogP contribution in [0.2, 0.25) is 0 Å². The molecule has 86 valence electrons. The van der Waals surface area contributed by atoms with E-state index < -0.39 is 4.92 Å². The van der Waals surface area contributed by atoms with Crippen molar-refractivity contribution in [3.8, 4) is 0 Å². The van der Waals surface area contributed by atoms with Crippen molar-refractivity contribution in [2.24, 2.45) is 5.92 Å². The molecular formula is C10H13N3O3. The van der Waals surface area contributed by atoms with Gasteiger partial charge >= 0.3 is 0 Å². The zero-order valence-corrected chi connectivity index (χ0v) is 8.74. The Morgan fingerprint density at radius 1 is 1.62 bits per heavy atom. The van der Waals surface area contributed by atoms with E-state index in [1.165, 1.54) is 12.3 Å². The van der Waals surface area contributed by atoms with E-state index in [-0.39, 0.29) is 18.2 Å². The van der Waals surface area contributed by atoms with Gasteiger partial charge in [0.25, 0.3) is 5.69 Å². The van der Waals surface area contributed by atoms with Crippen LogP contribution in [0.3, 0.4) is 0 Å². The third-order valence-corrected chi connectivity index (χ3v) is 2.81. The lowest BCUT2D eigenvalue weighted by molar-refractivity contribution is -0.385. The van der Waals surface area contributed by atoms with Crippen LogP contribution in [0.15, 0.2) is 18.3 Å². The van der Waals surface area contributed by atoms with Gasteiger partial charge in [-0.25, -0.2) is 4.98 Å². The molecule has 1 aliphatic rings. The molecule has 1 saturated heterocycles. The molecule has 0 spiro atoms. The quantitative estimate of drug-likeness (QED) is 0.605. The van der Waals surface area contributed by atoms with Gasteiger partial charge in [-0.3, -0.25) is 10.1 Å². The Morgan fingerprint density at radius 3 is 2.94 bits per heavy atom. The normalized spacial score (nSPS) is 20.1. The van der Waals surface area contributed by atoms with Gasteiger partial charge in [0.1, 0.15) is 12.0 Å². The number of aliphatic hydroxyl groups is 1. The van der Waals surface area contributed by atoms with Gasteiger partial charge in [0.2, 0.25) is 0 Å². The fourth-order valence-electron chi connectivity index (χ4n) is 1.86. The van der Waals surface area contributed by atoms with Crippen molar-refractivity contribution in [2.75, 3.05) is 24.6 Å². The zero-order chi connectivity index (χ0) is 11.5. The van der Waals surface area contributed by atoms with Crippen LogP contribution >= 0.6 is 0 Å². The highest BCUT2D eigenvalue weighted by Crippen LogP contribution is 2.22. The van der Waals surface area contributed by atoms with Crippen LogP contribution in [0, 0.1) is 16.0 Å². The van der Waals surface area contributed by atoms with E-state index in [0.717, 1.165) is 25.3 Å². The van der Waals surface area contributed by atoms with E-state index in [1.54, 1.807) is 6.07 Å². The molecule has 1 aromatic rings. The number of aliphatic hydroxyl groups excluding tert-OH is 1. The van der Waals surface area contributed by atoms with E-state index in [4.69, 9.17) is 5.11 Å². The first-order chi connectivity index (χ1) is 7.70. The second-order valence-corrected chi connectivity index (χ2v) is 3.91. The van der Waals surface area contributed by atoms with Gasteiger partial charge in [0.05, 0.1) is 4.92 Å². The molecular weight excluding hydrogens is 210 g/mol. The Hall–Kier alpha value is -1.69. The molecule has 6 heteroatoms. The highest BCUT2D eigenvalue weighted by atomic mass is 16.6. The van der Waals surface area contributed by atoms with Crippen molar-refractivity contribution >= 4 is 11.5 Å². The Kier molecular flexibility index (Phi) is 3.00. The van der Waals surface area contributed by atoms with Gasteiger partial charge in [0.15, 0.2) is 0 Å². The maximum atomic E-state index is 10.5. The van der Waals surface area contributed by atoms with E-state index >= 15 is 0 Å². The van der Waals surface area contributed by atoms with Crippen LogP contribution in [0.5, 0.6) is 0 Å². The van der Waals surface area contributed by atoms with Crippen molar-refractivity contribution < 1.29 is 10.0 Å². The summed E-state index contributed by atoms with van der Waals surface area (Å²) < 4.78 is 0. The van der Waals surface area contributed by atoms with Crippen molar-refractivity contribution in [3.05, 3.63) is 28.4 Å². The van der Waals surface area contributed by atoms with Gasteiger partial charge in [-0.15, -0.1) is 0 Å². The summed E-state index contributed by atoms with van der Waals surface area (Å²) in [4.78, 5) is 16.1. The summed E-state index contributed by atoms with van der Waals surface area (Å²) in [7, 11) is 0. The Labute approximate surface area is 92.7 Å². The van der Waals surface area contributed by atoms with Crippen LogP contribution in [0.25, 0.3) is 0 Å². The number of pyridine rings is 1. The predicted molar refractivity (Wildman–Crippen MR) is 58.3 cm³/mol. The lowest BCUT2D eigenvalue weighted by Gasteiger charge is -2.16. The Balaban J connectivity index is 2.08. The first-order valence-electron chi connectivity index (χ1n) is 5.17. The minimum Gasteiger partial charge on any atom is -0.396 e. The van der Waals surface area contributed by atoms with E-state index in [1.807, 2.05) is 4.90 Å². The number of nitrogens with zero attached hydrogens (tertiary/aromatic N) is 3. The molecule has 0 aliphatic carbocycles. The second-order valence-electron chi connectivity index (χ2n) is 3.91. The Morgan fingerprint density at radius 2 is 2.44 bits per heavy atom. The summed E-state index contributed by atoms with van der Waals surface area (Å²) in [5.41, 5.74) is 0.00153. The molecule has 1 aliphatic heterocycles. The first-order valence-corrected chi connectivity index (χ1v) is 5.17. The SMILES string of the molecule is O=[N+]([O-])c1ccc(N2CC[C@H](CO)C2)nc1. The summed E-state index contributed by atoms with van der Waals surface area (Å²) in [5, 5.41) is 19.5. The highest BCUT2D eigenvalue weighted by molar-refractivity contribution is 5.43.